The van der Waals surface area contributed by atoms with Gasteiger partial charge < -0.3 is 10.2 Å². The van der Waals surface area contributed by atoms with Crippen LogP contribution in [0, 0.1) is 10.1 Å². The molecule has 9 nitrogen and oxygen atoms in total. The summed E-state index contributed by atoms with van der Waals surface area (Å²) in [6, 6.07) is 4.52. The van der Waals surface area contributed by atoms with Gasteiger partial charge >= 0.3 is 6.03 Å². The molecule has 2 amide bonds. The third kappa shape index (κ3) is 4.89. The minimum atomic E-state index is -3.67. The van der Waals surface area contributed by atoms with Crippen molar-refractivity contribution in [3.05, 3.63) is 34.4 Å². The lowest BCUT2D eigenvalue weighted by atomic mass is 10.0. The second-order valence-corrected chi connectivity index (χ2v) is 7.07. The van der Waals surface area contributed by atoms with Gasteiger partial charge in [0, 0.05) is 30.4 Å². The number of nitro groups is 1. The molecule has 1 saturated heterocycles. The third-order valence-corrected chi connectivity index (χ3v) is 4.49. The van der Waals surface area contributed by atoms with E-state index in [1.54, 1.807) is 0 Å². The molecule has 1 aromatic carbocycles. The Hall–Kier alpha value is -2.20. The zero-order valence-electron chi connectivity index (χ0n) is 12.3. The average Bonchev–Trinajstić information content (AvgIpc) is 2.46. The van der Waals surface area contributed by atoms with Crippen molar-refractivity contribution in [2.24, 2.45) is 5.14 Å². The molecule has 23 heavy (non-hydrogen) atoms. The first kappa shape index (κ1) is 17.2. The SMILES string of the molecule is NS(=O)(=O)C[C@H]1CCCCN1C(=O)Nc1ccc([N+](=O)[O-])cc1. The van der Waals surface area contributed by atoms with E-state index in [-0.39, 0.29) is 11.4 Å². The molecule has 0 radical (unpaired) electrons. The number of benzene rings is 1. The highest BCUT2D eigenvalue weighted by atomic mass is 32.2. The molecule has 0 aromatic heterocycles. The summed E-state index contributed by atoms with van der Waals surface area (Å²) < 4.78 is 22.6. The van der Waals surface area contributed by atoms with Gasteiger partial charge in [0.1, 0.15) is 0 Å². The predicted octanol–water partition coefficient (Wildman–Crippen LogP) is 1.27. The molecule has 3 N–H and O–H groups in total. The van der Waals surface area contributed by atoms with Crippen molar-refractivity contribution in [1.29, 1.82) is 0 Å². The number of primary sulfonamides is 1. The van der Waals surface area contributed by atoms with Crippen molar-refractivity contribution in [1.82, 2.24) is 4.90 Å². The van der Waals surface area contributed by atoms with Gasteiger partial charge in [-0.05, 0) is 31.4 Å². The zero-order chi connectivity index (χ0) is 17.0. The van der Waals surface area contributed by atoms with Gasteiger partial charge in [-0.15, -0.1) is 0 Å². The number of hydrogen-bond donors (Lipinski definition) is 2. The summed E-state index contributed by atoms with van der Waals surface area (Å²) in [6.07, 6.45) is 2.19. The van der Waals surface area contributed by atoms with Crippen LogP contribution >= 0.6 is 0 Å². The van der Waals surface area contributed by atoms with E-state index in [0.717, 1.165) is 12.8 Å². The zero-order valence-corrected chi connectivity index (χ0v) is 13.2. The minimum absolute atomic E-state index is 0.0759. The van der Waals surface area contributed by atoms with Gasteiger partial charge in [-0.2, -0.15) is 0 Å². The molecule has 0 bridgehead atoms. The molecule has 1 aliphatic heterocycles. The molecule has 126 valence electrons. The van der Waals surface area contributed by atoms with Crippen LogP contribution < -0.4 is 10.5 Å². The second-order valence-electron chi connectivity index (χ2n) is 5.41. The van der Waals surface area contributed by atoms with Gasteiger partial charge in [-0.1, -0.05) is 0 Å². The first-order chi connectivity index (χ1) is 10.8. The largest absolute Gasteiger partial charge is 0.322 e. The van der Waals surface area contributed by atoms with Gasteiger partial charge in [0.25, 0.3) is 5.69 Å². The average molecular weight is 342 g/mol. The standard InChI is InChI=1S/C13H18N4O5S/c14-23(21,22)9-12-3-1-2-8-16(12)13(18)15-10-4-6-11(7-5-10)17(19)20/h4-7,12H,1-3,8-9H2,(H,15,18)(H2,14,21,22)/t12-/m1/s1. The lowest BCUT2D eigenvalue weighted by Gasteiger charge is -2.35. The topological polar surface area (TPSA) is 136 Å². The molecule has 1 aliphatic rings. The number of amides is 2. The number of nitrogens with two attached hydrogens (primary N) is 1. The van der Waals surface area contributed by atoms with Crippen molar-refractivity contribution < 1.29 is 18.1 Å². The molecule has 0 saturated carbocycles. The summed E-state index contributed by atoms with van der Waals surface area (Å²) in [6.45, 7) is 0.443. The fourth-order valence-electron chi connectivity index (χ4n) is 2.57. The van der Waals surface area contributed by atoms with Crippen LogP contribution in [-0.2, 0) is 10.0 Å². The third-order valence-electron chi connectivity index (χ3n) is 3.64. The fraction of sp³-hybridized carbons (Fsp3) is 0.462. The maximum atomic E-state index is 12.3. The number of hydrogen-bond acceptors (Lipinski definition) is 5. The number of nitro benzene ring substituents is 1. The Balaban J connectivity index is 2.06. The second kappa shape index (κ2) is 6.92. The van der Waals surface area contributed by atoms with Crippen LogP contribution in [0.4, 0.5) is 16.2 Å². The Bertz CT molecular complexity index is 689. The predicted molar refractivity (Wildman–Crippen MR) is 84.4 cm³/mol. The molecule has 0 spiro atoms. The summed E-state index contributed by atoms with van der Waals surface area (Å²) in [5.74, 6) is -0.277. The highest BCUT2D eigenvalue weighted by Crippen LogP contribution is 2.21. The Labute approximate surface area is 133 Å². The van der Waals surface area contributed by atoms with Crippen molar-refractivity contribution in [3.8, 4) is 0 Å². The van der Waals surface area contributed by atoms with Crippen molar-refractivity contribution >= 4 is 27.4 Å². The monoisotopic (exact) mass is 342 g/mol. The number of non-ortho nitro benzene ring substituents is 1. The molecule has 1 aromatic rings. The van der Waals surface area contributed by atoms with Crippen LogP contribution in [0.15, 0.2) is 24.3 Å². The number of nitrogens with one attached hydrogen (secondary N) is 1. The number of carbonyl (C=O) groups excluding carboxylic acids is 1. The molecule has 1 atom stereocenters. The van der Waals surface area contributed by atoms with E-state index in [9.17, 15) is 23.3 Å². The van der Waals surface area contributed by atoms with Crippen LogP contribution in [0.2, 0.25) is 0 Å². The molecular formula is C13H18N4O5S. The Kier molecular flexibility index (Phi) is 5.16. The van der Waals surface area contributed by atoms with Crippen molar-refractivity contribution in [2.45, 2.75) is 25.3 Å². The van der Waals surface area contributed by atoms with Gasteiger partial charge in [0.05, 0.1) is 10.7 Å². The fourth-order valence-corrected chi connectivity index (χ4v) is 3.45. The van der Waals surface area contributed by atoms with E-state index in [1.165, 1.54) is 29.2 Å². The summed E-state index contributed by atoms with van der Waals surface area (Å²) >= 11 is 0. The van der Waals surface area contributed by atoms with Crippen LogP contribution in [0.5, 0.6) is 0 Å². The smallest absolute Gasteiger partial charge is 0.320 e. The van der Waals surface area contributed by atoms with Crippen LogP contribution in [0.25, 0.3) is 0 Å². The number of rotatable bonds is 4. The molecule has 0 unspecified atom stereocenters. The first-order valence-electron chi connectivity index (χ1n) is 7.09. The van der Waals surface area contributed by atoms with E-state index in [2.05, 4.69) is 5.32 Å². The number of urea groups is 1. The number of likely N-dealkylation sites (tertiary alicyclic amines) is 1. The Morgan fingerprint density at radius 3 is 2.57 bits per heavy atom. The summed E-state index contributed by atoms with van der Waals surface area (Å²) in [5.41, 5.74) is 0.327. The summed E-state index contributed by atoms with van der Waals surface area (Å²) in [4.78, 5) is 23.9. The molecular weight excluding hydrogens is 324 g/mol. The van der Waals surface area contributed by atoms with E-state index >= 15 is 0 Å². The van der Waals surface area contributed by atoms with E-state index in [4.69, 9.17) is 5.14 Å². The minimum Gasteiger partial charge on any atom is -0.320 e. The van der Waals surface area contributed by atoms with Crippen molar-refractivity contribution in [3.63, 3.8) is 0 Å². The highest BCUT2D eigenvalue weighted by Gasteiger charge is 2.29. The molecule has 1 fully saturated rings. The summed E-state index contributed by atoms with van der Waals surface area (Å²) in [7, 11) is -3.67. The molecule has 1 heterocycles. The molecule has 10 heteroatoms. The van der Waals surface area contributed by atoms with E-state index in [1.807, 2.05) is 0 Å². The number of anilines is 1. The Morgan fingerprint density at radius 1 is 1.35 bits per heavy atom. The van der Waals surface area contributed by atoms with E-state index in [0.29, 0.717) is 18.7 Å². The van der Waals surface area contributed by atoms with Gasteiger partial charge in [-0.25, -0.2) is 18.4 Å². The van der Waals surface area contributed by atoms with Crippen LogP contribution in [0.1, 0.15) is 19.3 Å². The number of nitrogens with zero attached hydrogens (tertiary/aromatic N) is 2. The first-order valence-corrected chi connectivity index (χ1v) is 8.80. The van der Waals surface area contributed by atoms with Crippen LogP contribution in [0.3, 0.4) is 0 Å². The lowest BCUT2D eigenvalue weighted by molar-refractivity contribution is -0.384. The number of carbonyl (C=O) groups is 1. The molecule has 2 rings (SSSR count). The Morgan fingerprint density at radius 2 is 2.00 bits per heavy atom. The lowest BCUT2D eigenvalue weighted by Crippen LogP contribution is -2.49. The van der Waals surface area contributed by atoms with E-state index < -0.39 is 27.0 Å². The quantitative estimate of drug-likeness (QED) is 0.627. The number of piperidine rings is 1. The normalized spacial score (nSPS) is 18.5. The number of sulfonamides is 1. The van der Waals surface area contributed by atoms with Crippen molar-refractivity contribution in [2.75, 3.05) is 17.6 Å². The van der Waals surface area contributed by atoms with Gasteiger partial charge in [-0.3, -0.25) is 10.1 Å². The highest BCUT2D eigenvalue weighted by molar-refractivity contribution is 7.89. The van der Waals surface area contributed by atoms with Gasteiger partial charge in [0.15, 0.2) is 0 Å². The van der Waals surface area contributed by atoms with Gasteiger partial charge in [0.2, 0.25) is 10.0 Å². The van der Waals surface area contributed by atoms with Crippen LogP contribution in [-0.4, -0.2) is 42.6 Å². The maximum absolute atomic E-state index is 12.3. The maximum Gasteiger partial charge on any atom is 0.322 e. The summed E-state index contributed by atoms with van der Waals surface area (Å²) in [5, 5.41) is 18.3. The molecule has 0 aliphatic carbocycles.